The van der Waals surface area contributed by atoms with Crippen LogP contribution in [0.25, 0.3) is 44.5 Å². The fourth-order valence-electron chi connectivity index (χ4n) is 6.11. The maximum atomic E-state index is 2.38. The molecule has 0 aliphatic carbocycles. The van der Waals surface area contributed by atoms with Gasteiger partial charge in [0.1, 0.15) is 0 Å². The Morgan fingerprint density at radius 3 is 1.63 bits per heavy atom. The van der Waals surface area contributed by atoms with Gasteiger partial charge in [0, 0.05) is 0 Å². The third-order valence-corrected chi connectivity index (χ3v) is 8.25. The maximum absolute atomic E-state index is 2.38. The first kappa shape index (κ1) is 25.7. The lowest BCUT2D eigenvalue weighted by molar-refractivity contribution is 1.30. The van der Waals surface area contributed by atoms with Gasteiger partial charge in [-0.2, -0.15) is 0 Å². The van der Waals surface area contributed by atoms with Crippen molar-refractivity contribution in [3.63, 3.8) is 0 Å². The molecule has 0 atom stereocenters. The molecule has 0 bridgehead atoms. The summed E-state index contributed by atoms with van der Waals surface area (Å²) >= 11 is 0. The summed E-state index contributed by atoms with van der Waals surface area (Å²) in [6.45, 7) is 18.0. The van der Waals surface area contributed by atoms with E-state index < -0.39 is 0 Å². The quantitative estimate of drug-likeness (QED) is 0.233. The van der Waals surface area contributed by atoms with E-state index in [1.807, 2.05) is 0 Å². The van der Waals surface area contributed by atoms with E-state index in [4.69, 9.17) is 0 Å². The van der Waals surface area contributed by atoms with Crippen molar-refractivity contribution in [1.82, 2.24) is 0 Å². The summed E-state index contributed by atoms with van der Waals surface area (Å²) in [5.41, 5.74) is 21.1. The summed E-state index contributed by atoms with van der Waals surface area (Å²) in [6, 6.07) is 31.5. The first-order valence-electron chi connectivity index (χ1n) is 13.6. The lowest BCUT2D eigenvalue weighted by Crippen LogP contribution is -2.04. The minimum absolute atomic E-state index is 1.26. The molecule has 0 aromatic heterocycles. The lowest BCUT2D eigenvalue weighted by Gasteiger charge is -2.28. The van der Waals surface area contributed by atoms with Crippen LogP contribution in [-0.4, -0.2) is 0 Å². The third kappa shape index (κ3) is 4.39. The van der Waals surface area contributed by atoms with E-state index in [9.17, 15) is 0 Å². The second-order valence-electron chi connectivity index (χ2n) is 11.0. The van der Waals surface area contributed by atoms with Crippen molar-refractivity contribution in [3.05, 3.63) is 129 Å². The molecule has 190 valence electrons. The highest BCUT2D eigenvalue weighted by atomic mass is 14.3. The van der Waals surface area contributed by atoms with E-state index in [1.54, 1.807) is 0 Å². The second-order valence-corrected chi connectivity index (χ2v) is 11.0. The summed E-state index contributed by atoms with van der Waals surface area (Å²) in [7, 11) is 0. The first-order chi connectivity index (χ1) is 18.2. The van der Waals surface area contributed by atoms with E-state index in [0.717, 1.165) is 0 Å². The minimum atomic E-state index is 1.26. The number of hydrogen-bond donors (Lipinski definition) is 0. The van der Waals surface area contributed by atoms with Crippen LogP contribution in [0.3, 0.4) is 0 Å². The van der Waals surface area contributed by atoms with Gasteiger partial charge in [-0.05, 0) is 139 Å². The van der Waals surface area contributed by atoms with Crippen LogP contribution in [0.1, 0.15) is 44.5 Å². The summed E-state index contributed by atoms with van der Waals surface area (Å²) < 4.78 is 0. The Hall–Kier alpha value is -3.90. The van der Waals surface area contributed by atoms with Crippen molar-refractivity contribution >= 4 is 0 Å². The Morgan fingerprint density at radius 1 is 0.342 bits per heavy atom. The molecule has 0 heteroatoms. The molecule has 0 amide bonds. The van der Waals surface area contributed by atoms with Crippen LogP contribution in [-0.2, 0) is 0 Å². The van der Waals surface area contributed by atoms with Crippen LogP contribution in [0, 0.1) is 55.4 Å². The normalized spacial score (nSPS) is 11.2. The summed E-state index contributed by atoms with van der Waals surface area (Å²) in [5, 5.41) is 0. The largest absolute Gasteiger partial charge is 0.0622 e. The highest BCUT2D eigenvalue weighted by molar-refractivity contribution is 6.03. The average molecular weight is 495 g/mol. The zero-order valence-corrected chi connectivity index (χ0v) is 24.1. The zero-order valence-electron chi connectivity index (χ0n) is 24.1. The van der Waals surface area contributed by atoms with Gasteiger partial charge >= 0.3 is 0 Å². The van der Waals surface area contributed by atoms with E-state index in [1.165, 1.54) is 89.0 Å². The van der Waals surface area contributed by atoms with Crippen LogP contribution < -0.4 is 0 Å². The summed E-state index contributed by atoms with van der Waals surface area (Å²) in [4.78, 5) is 0. The van der Waals surface area contributed by atoms with Gasteiger partial charge in [0.15, 0.2) is 0 Å². The van der Waals surface area contributed by atoms with Crippen molar-refractivity contribution in [2.24, 2.45) is 0 Å². The van der Waals surface area contributed by atoms with Gasteiger partial charge in [-0.1, -0.05) is 90.5 Å². The Kier molecular flexibility index (Phi) is 6.84. The van der Waals surface area contributed by atoms with Gasteiger partial charge in [-0.25, -0.2) is 0 Å². The molecule has 0 N–H and O–H groups in total. The molecule has 5 aromatic carbocycles. The van der Waals surface area contributed by atoms with Gasteiger partial charge in [0.05, 0.1) is 0 Å². The SMILES string of the molecule is Cc1ccc(C)c(-c2c(C)c(-c3ccccc3)c(-c3ccc(C)c(C)c3)c(-c3c(C)cccc3C)c2C)c1. The van der Waals surface area contributed by atoms with Crippen LogP contribution in [0.2, 0.25) is 0 Å². The van der Waals surface area contributed by atoms with Crippen LogP contribution in [0.15, 0.2) is 84.9 Å². The average Bonchev–Trinajstić information content (AvgIpc) is 2.89. The molecule has 0 fully saturated rings. The van der Waals surface area contributed by atoms with Gasteiger partial charge < -0.3 is 0 Å². The molecule has 38 heavy (non-hydrogen) atoms. The monoisotopic (exact) mass is 494 g/mol. The zero-order chi connectivity index (χ0) is 27.1. The van der Waals surface area contributed by atoms with Crippen LogP contribution in [0.4, 0.5) is 0 Å². The van der Waals surface area contributed by atoms with Crippen LogP contribution >= 0.6 is 0 Å². The van der Waals surface area contributed by atoms with Gasteiger partial charge in [-0.3, -0.25) is 0 Å². The summed E-state index contributed by atoms with van der Waals surface area (Å²) in [6.07, 6.45) is 0. The molecule has 5 aromatic rings. The van der Waals surface area contributed by atoms with E-state index in [0.29, 0.717) is 0 Å². The Bertz CT molecular complexity index is 1650. The number of rotatable bonds is 4. The highest BCUT2D eigenvalue weighted by Crippen LogP contribution is 2.50. The van der Waals surface area contributed by atoms with Crippen molar-refractivity contribution in [2.45, 2.75) is 55.4 Å². The smallest absolute Gasteiger partial charge is 0.00207 e. The topological polar surface area (TPSA) is 0 Å². The minimum Gasteiger partial charge on any atom is -0.0622 e. The van der Waals surface area contributed by atoms with Crippen molar-refractivity contribution in [3.8, 4) is 44.5 Å². The molecule has 0 spiro atoms. The Balaban J connectivity index is 2.06. The Labute approximate surface area is 229 Å². The molecule has 0 aliphatic rings. The van der Waals surface area contributed by atoms with E-state index in [-0.39, 0.29) is 0 Å². The highest BCUT2D eigenvalue weighted by Gasteiger charge is 2.26. The van der Waals surface area contributed by atoms with Gasteiger partial charge in [-0.15, -0.1) is 0 Å². The van der Waals surface area contributed by atoms with Gasteiger partial charge in [0.2, 0.25) is 0 Å². The van der Waals surface area contributed by atoms with Gasteiger partial charge in [0.25, 0.3) is 0 Å². The molecule has 0 radical (unpaired) electrons. The Morgan fingerprint density at radius 2 is 0.974 bits per heavy atom. The first-order valence-corrected chi connectivity index (χ1v) is 13.6. The number of hydrogen-bond acceptors (Lipinski definition) is 0. The van der Waals surface area contributed by atoms with Crippen molar-refractivity contribution in [2.75, 3.05) is 0 Å². The standard InChI is InChI=1S/C38H38/c1-23-17-18-25(3)33(21-23)35-29(7)36(31-15-10-9-11-16-31)38(32-20-19-24(2)28(6)22-32)37(30(35)8)34-26(4)13-12-14-27(34)5/h9-22H,1-8H3. The molecule has 0 aliphatic heterocycles. The van der Waals surface area contributed by atoms with Crippen LogP contribution in [0.5, 0.6) is 0 Å². The number of aryl methyl sites for hydroxylation is 6. The number of benzene rings is 5. The summed E-state index contributed by atoms with van der Waals surface area (Å²) in [5.74, 6) is 0. The molecule has 0 saturated heterocycles. The molecular weight excluding hydrogens is 456 g/mol. The molecular formula is C38H38. The molecule has 0 nitrogen and oxygen atoms in total. The fourth-order valence-corrected chi connectivity index (χ4v) is 6.11. The lowest BCUT2D eigenvalue weighted by atomic mass is 9.76. The molecule has 5 rings (SSSR count). The fraction of sp³-hybridized carbons (Fsp3) is 0.211. The molecule has 0 saturated carbocycles. The second kappa shape index (κ2) is 10.1. The third-order valence-electron chi connectivity index (χ3n) is 8.25. The van der Waals surface area contributed by atoms with E-state index in [2.05, 4.69) is 140 Å². The predicted molar refractivity (Wildman–Crippen MR) is 166 cm³/mol. The maximum Gasteiger partial charge on any atom is -0.00207 e. The van der Waals surface area contributed by atoms with Crippen molar-refractivity contribution in [1.29, 1.82) is 0 Å². The van der Waals surface area contributed by atoms with Crippen molar-refractivity contribution < 1.29 is 0 Å². The molecule has 0 heterocycles. The predicted octanol–water partition coefficient (Wildman–Crippen LogP) is 10.8. The molecule has 0 unspecified atom stereocenters. The van der Waals surface area contributed by atoms with E-state index >= 15 is 0 Å².